The van der Waals surface area contributed by atoms with Crippen molar-refractivity contribution in [1.82, 2.24) is 20.5 Å². The van der Waals surface area contributed by atoms with Crippen molar-refractivity contribution >= 4 is 23.5 Å². The summed E-state index contributed by atoms with van der Waals surface area (Å²) < 4.78 is 0. The lowest BCUT2D eigenvalue weighted by molar-refractivity contribution is -0.129. The second-order valence-corrected chi connectivity index (χ2v) is 6.59. The van der Waals surface area contributed by atoms with Gasteiger partial charge in [-0.25, -0.2) is 4.98 Å². The van der Waals surface area contributed by atoms with Gasteiger partial charge in [0.05, 0.1) is 0 Å². The van der Waals surface area contributed by atoms with Crippen LogP contribution in [-0.2, 0) is 11.2 Å². The number of halogens is 1. The van der Waals surface area contributed by atoms with Crippen molar-refractivity contribution < 1.29 is 4.79 Å². The number of rotatable bonds is 8. The Morgan fingerprint density at radius 2 is 2.20 bits per heavy atom. The van der Waals surface area contributed by atoms with E-state index < -0.39 is 0 Å². The van der Waals surface area contributed by atoms with Crippen LogP contribution in [0.2, 0.25) is 5.15 Å². The standard InChI is InChI=1S/C18H28ClN5O/c1-3-15(24-12-4-5-17(24)25)9-11-22-18(20-2)21-10-8-14-6-7-16(19)23-13-14/h6-7,13,15H,3-5,8-12H2,1-2H3,(H2,20,21,22). The lowest BCUT2D eigenvalue weighted by atomic mass is 10.1. The normalized spacial score (nSPS) is 16.2. The van der Waals surface area contributed by atoms with Crippen molar-refractivity contribution in [3.63, 3.8) is 0 Å². The summed E-state index contributed by atoms with van der Waals surface area (Å²) in [4.78, 5) is 22.2. The lowest BCUT2D eigenvalue weighted by Crippen LogP contribution is -2.42. The average Bonchev–Trinajstić information content (AvgIpc) is 3.04. The quantitative estimate of drug-likeness (QED) is 0.421. The first-order valence-corrected chi connectivity index (χ1v) is 9.36. The molecule has 1 atom stereocenters. The number of hydrogen-bond donors (Lipinski definition) is 2. The van der Waals surface area contributed by atoms with Crippen LogP contribution in [0, 0.1) is 0 Å². The van der Waals surface area contributed by atoms with E-state index in [-0.39, 0.29) is 0 Å². The number of guanidine groups is 1. The number of nitrogens with one attached hydrogen (secondary N) is 2. The highest BCUT2D eigenvalue weighted by molar-refractivity contribution is 6.29. The maximum atomic E-state index is 11.9. The molecule has 2 rings (SSSR count). The molecule has 25 heavy (non-hydrogen) atoms. The fourth-order valence-electron chi connectivity index (χ4n) is 3.09. The van der Waals surface area contributed by atoms with Gasteiger partial charge in [0.2, 0.25) is 5.91 Å². The van der Waals surface area contributed by atoms with Gasteiger partial charge in [-0.3, -0.25) is 9.79 Å². The molecule has 1 amide bonds. The van der Waals surface area contributed by atoms with E-state index in [1.165, 1.54) is 0 Å². The molecule has 1 aromatic heterocycles. The van der Waals surface area contributed by atoms with E-state index in [9.17, 15) is 4.79 Å². The molecule has 1 aromatic rings. The predicted molar refractivity (Wildman–Crippen MR) is 102 cm³/mol. The smallest absolute Gasteiger partial charge is 0.222 e. The minimum atomic E-state index is 0.297. The Balaban J connectivity index is 1.69. The summed E-state index contributed by atoms with van der Waals surface area (Å²) in [6, 6.07) is 4.10. The summed E-state index contributed by atoms with van der Waals surface area (Å²) >= 11 is 5.79. The third-order valence-electron chi connectivity index (χ3n) is 4.51. The van der Waals surface area contributed by atoms with Crippen molar-refractivity contribution in [3.8, 4) is 0 Å². The van der Waals surface area contributed by atoms with E-state index in [0.717, 1.165) is 56.8 Å². The highest BCUT2D eigenvalue weighted by Gasteiger charge is 2.26. The number of aromatic nitrogens is 1. The van der Waals surface area contributed by atoms with E-state index in [4.69, 9.17) is 11.6 Å². The molecule has 1 aliphatic rings. The number of pyridine rings is 1. The topological polar surface area (TPSA) is 69.6 Å². The van der Waals surface area contributed by atoms with Gasteiger partial charge in [0.1, 0.15) is 5.15 Å². The average molecular weight is 366 g/mol. The minimum absolute atomic E-state index is 0.297. The zero-order valence-corrected chi connectivity index (χ0v) is 15.9. The Morgan fingerprint density at radius 1 is 1.40 bits per heavy atom. The maximum Gasteiger partial charge on any atom is 0.222 e. The monoisotopic (exact) mass is 365 g/mol. The third kappa shape index (κ3) is 6.20. The highest BCUT2D eigenvalue weighted by Crippen LogP contribution is 2.17. The summed E-state index contributed by atoms with van der Waals surface area (Å²) in [5, 5.41) is 7.14. The fraction of sp³-hybridized carbons (Fsp3) is 0.611. The fourth-order valence-corrected chi connectivity index (χ4v) is 3.20. The van der Waals surface area contributed by atoms with Gasteiger partial charge in [-0.15, -0.1) is 0 Å². The third-order valence-corrected chi connectivity index (χ3v) is 4.73. The SMILES string of the molecule is CCC(CCNC(=NC)NCCc1ccc(Cl)nc1)N1CCCC1=O. The van der Waals surface area contributed by atoms with Gasteiger partial charge in [0.15, 0.2) is 5.96 Å². The van der Waals surface area contributed by atoms with E-state index in [1.54, 1.807) is 19.3 Å². The van der Waals surface area contributed by atoms with Crippen molar-refractivity contribution in [2.45, 2.75) is 45.1 Å². The zero-order chi connectivity index (χ0) is 18.1. The summed E-state index contributed by atoms with van der Waals surface area (Å²) in [7, 11) is 1.76. The van der Waals surface area contributed by atoms with Gasteiger partial charge in [0.25, 0.3) is 0 Å². The molecule has 2 N–H and O–H groups in total. The van der Waals surface area contributed by atoms with Gasteiger partial charge in [-0.05, 0) is 37.3 Å². The molecule has 0 bridgehead atoms. The minimum Gasteiger partial charge on any atom is -0.356 e. The molecule has 2 heterocycles. The number of hydrogen-bond acceptors (Lipinski definition) is 3. The van der Waals surface area contributed by atoms with Gasteiger partial charge >= 0.3 is 0 Å². The van der Waals surface area contributed by atoms with E-state index in [1.807, 2.05) is 11.0 Å². The number of nitrogens with zero attached hydrogens (tertiary/aromatic N) is 3. The second-order valence-electron chi connectivity index (χ2n) is 6.21. The van der Waals surface area contributed by atoms with Gasteiger partial charge in [-0.1, -0.05) is 24.6 Å². The molecule has 6 nitrogen and oxygen atoms in total. The molecule has 0 spiro atoms. The summed E-state index contributed by atoms with van der Waals surface area (Å²) in [6.45, 7) is 4.61. The van der Waals surface area contributed by atoms with Gasteiger partial charge < -0.3 is 15.5 Å². The first-order chi connectivity index (χ1) is 12.1. The number of aliphatic imine (C=N–C) groups is 1. The van der Waals surface area contributed by atoms with Crippen LogP contribution < -0.4 is 10.6 Å². The Hall–Kier alpha value is -1.82. The number of likely N-dealkylation sites (tertiary alicyclic amines) is 1. The molecule has 1 fully saturated rings. The molecular formula is C18H28ClN5O. The first-order valence-electron chi connectivity index (χ1n) is 8.98. The van der Waals surface area contributed by atoms with Crippen LogP contribution >= 0.6 is 11.6 Å². The Kier molecular flexibility index (Phi) is 7.98. The molecule has 7 heteroatoms. The Bertz CT molecular complexity index is 575. The number of carbonyl (C=O) groups is 1. The Morgan fingerprint density at radius 3 is 2.80 bits per heavy atom. The summed E-state index contributed by atoms with van der Waals surface area (Å²) in [5.74, 6) is 1.08. The largest absolute Gasteiger partial charge is 0.356 e. The van der Waals surface area contributed by atoms with Gasteiger partial charge in [-0.2, -0.15) is 0 Å². The van der Waals surface area contributed by atoms with Crippen molar-refractivity contribution in [3.05, 3.63) is 29.0 Å². The summed E-state index contributed by atoms with van der Waals surface area (Å²) in [6.07, 6.45) is 6.26. The molecule has 0 aliphatic carbocycles. The van der Waals surface area contributed by atoms with Crippen LogP contribution in [-0.4, -0.2) is 54.5 Å². The first kappa shape index (κ1) is 19.5. The second kappa shape index (κ2) is 10.2. The van der Waals surface area contributed by atoms with Gasteiger partial charge in [0, 0.05) is 45.3 Å². The molecule has 0 aromatic carbocycles. The van der Waals surface area contributed by atoms with Crippen LogP contribution in [0.4, 0.5) is 0 Å². The molecule has 1 aliphatic heterocycles. The van der Waals surface area contributed by atoms with Crippen LogP contribution in [0.1, 0.15) is 38.2 Å². The van der Waals surface area contributed by atoms with Crippen LogP contribution in [0.5, 0.6) is 0 Å². The molecule has 0 radical (unpaired) electrons. The Labute approximate surface area is 155 Å². The molecule has 138 valence electrons. The van der Waals surface area contributed by atoms with Crippen LogP contribution in [0.25, 0.3) is 0 Å². The van der Waals surface area contributed by atoms with E-state index >= 15 is 0 Å². The molecule has 1 saturated heterocycles. The van der Waals surface area contributed by atoms with Crippen molar-refractivity contribution in [1.29, 1.82) is 0 Å². The molecule has 1 unspecified atom stereocenters. The number of amides is 1. The maximum absolute atomic E-state index is 11.9. The zero-order valence-electron chi connectivity index (χ0n) is 15.1. The van der Waals surface area contributed by atoms with Crippen LogP contribution in [0.15, 0.2) is 23.3 Å². The van der Waals surface area contributed by atoms with E-state index in [0.29, 0.717) is 23.5 Å². The molecular weight excluding hydrogens is 338 g/mol. The van der Waals surface area contributed by atoms with Crippen molar-refractivity contribution in [2.75, 3.05) is 26.7 Å². The number of carbonyl (C=O) groups excluding carboxylic acids is 1. The van der Waals surface area contributed by atoms with Crippen LogP contribution in [0.3, 0.4) is 0 Å². The highest BCUT2D eigenvalue weighted by atomic mass is 35.5. The summed E-state index contributed by atoms with van der Waals surface area (Å²) in [5.41, 5.74) is 1.13. The van der Waals surface area contributed by atoms with Crippen molar-refractivity contribution in [2.24, 2.45) is 4.99 Å². The lowest BCUT2D eigenvalue weighted by Gasteiger charge is -2.27. The molecule has 0 saturated carbocycles. The predicted octanol–water partition coefficient (Wildman–Crippen LogP) is 2.23. The van der Waals surface area contributed by atoms with E-state index in [2.05, 4.69) is 27.5 Å².